The number of anilines is 1. The van der Waals surface area contributed by atoms with E-state index in [1.165, 1.54) is 32.1 Å². The molecule has 2 heterocycles. The molecule has 0 radical (unpaired) electrons. The molecule has 17 heavy (non-hydrogen) atoms. The quantitative estimate of drug-likeness (QED) is 0.804. The molecule has 1 aromatic rings. The molecule has 4 nitrogen and oxygen atoms in total. The Morgan fingerprint density at radius 2 is 2.06 bits per heavy atom. The summed E-state index contributed by atoms with van der Waals surface area (Å²) >= 11 is 0. The van der Waals surface area contributed by atoms with E-state index in [0.717, 1.165) is 30.6 Å². The second kappa shape index (κ2) is 4.51. The molecule has 1 saturated carbocycles. The lowest BCUT2D eigenvalue weighted by atomic mass is 9.75. The van der Waals surface area contributed by atoms with E-state index in [1.54, 1.807) is 12.3 Å². The Hall–Kier alpha value is -1.32. The van der Waals surface area contributed by atoms with Gasteiger partial charge in [-0.3, -0.25) is 4.79 Å². The van der Waals surface area contributed by atoms with Crippen molar-refractivity contribution >= 4 is 5.69 Å². The average Bonchev–Trinajstić information content (AvgIpc) is 2.38. The molecule has 2 atom stereocenters. The molecule has 0 aromatic carbocycles. The number of nitrogens with zero attached hydrogens (tertiary/aromatic N) is 2. The van der Waals surface area contributed by atoms with Crippen LogP contribution >= 0.6 is 0 Å². The summed E-state index contributed by atoms with van der Waals surface area (Å²) in [5, 5.41) is 6.32. The fourth-order valence-corrected chi connectivity index (χ4v) is 3.37. The molecule has 0 spiro atoms. The van der Waals surface area contributed by atoms with Crippen LogP contribution < -0.4 is 10.5 Å². The van der Waals surface area contributed by atoms with Crippen LogP contribution in [0.15, 0.2) is 17.1 Å². The maximum atomic E-state index is 11.3. The van der Waals surface area contributed by atoms with Crippen molar-refractivity contribution in [1.82, 2.24) is 10.2 Å². The Kier molecular flexibility index (Phi) is 2.87. The van der Waals surface area contributed by atoms with Crippen LogP contribution in [-0.4, -0.2) is 23.3 Å². The third-order valence-corrected chi connectivity index (χ3v) is 4.31. The van der Waals surface area contributed by atoms with Crippen molar-refractivity contribution in [1.29, 1.82) is 0 Å². The molecule has 2 unspecified atom stereocenters. The molecule has 92 valence electrons. The number of nitrogens with one attached hydrogen (secondary N) is 1. The smallest absolute Gasteiger partial charge is 0.266 e. The first kappa shape index (κ1) is 10.8. The van der Waals surface area contributed by atoms with Crippen molar-refractivity contribution in [3.63, 3.8) is 0 Å². The predicted molar refractivity (Wildman–Crippen MR) is 67.1 cm³/mol. The van der Waals surface area contributed by atoms with Crippen LogP contribution in [0.5, 0.6) is 0 Å². The molecule has 1 aliphatic carbocycles. The minimum Gasteiger partial charge on any atom is -0.370 e. The molecular weight excluding hydrogens is 214 g/mol. The van der Waals surface area contributed by atoms with Crippen LogP contribution in [0.25, 0.3) is 0 Å². The number of aromatic nitrogens is 2. The molecule has 4 heteroatoms. The molecule has 1 aliphatic heterocycles. The van der Waals surface area contributed by atoms with E-state index in [4.69, 9.17) is 0 Å². The number of aromatic amines is 1. The van der Waals surface area contributed by atoms with Gasteiger partial charge in [-0.25, -0.2) is 5.10 Å². The van der Waals surface area contributed by atoms with Gasteiger partial charge in [-0.05, 0) is 24.7 Å². The molecule has 2 fully saturated rings. The van der Waals surface area contributed by atoms with Crippen molar-refractivity contribution in [3.05, 3.63) is 22.6 Å². The Morgan fingerprint density at radius 1 is 1.24 bits per heavy atom. The number of fused-ring (bicyclic) bond motifs is 1. The number of rotatable bonds is 1. The molecule has 3 rings (SSSR count). The molecule has 2 aliphatic rings. The van der Waals surface area contributed by atoms with Gasteiger partial charge in [0.25, 0.3) is 5.56 Å². The first-order chi connectivity index (χ1) is 8.33. The molecular formula is C13H19N3O. The fraction of sp³-hybridized carbons (Fsp3) is 0.692. The monoisotopic (exact) mass is 233 g/mol. The van der Waals surface area contributed by atoms with Crippen LogP contribution in [0, 0.1) is 11.8 Å². The van der Waals surface area contributed by atoms with Crippen molar-refractivity contribution in [2.24, 2.45) is 11.8 Å². The number of piperidine rings is 1. The van der Waals surface area contributed by atoms with E-state index in [2.05, 4.69) is 15.1 Å². The van der Waals surface area contributed by atoms with E-state index in [0.29, 0.717) is 0 Å². The summed E-state index contributed by atoms with van der Waals surface area (Å²) in [5.74, 6) is 1.76. The van der Waals surface area contributed by atoms with Crippen LogP contribution in [0.4, 0.5) is 5.69 Å². The van der Waals surface area contributed by atoms with E-state index in [-0.39, 0.29) is 5.56 Å². The van der Waals surface area contributed by atoms with Crippen molar-refractivity contribution in [2.75, 3.05) is 18.0 Å². The topological polar surface area (TPSA) is 49.0 Å². The van der Waals surface area contributed by atoms with Crippen LogP contribution in [0.3, 0.4) is 0 Å². The normalized spacial score (nSPS) is 28.8. The summed E-state index contributed by atoms with van der Waals surface area (Å²) in [6, 6.07) is 1.66. The van der Waals surface area contributed by atoms with Gasteiger partial charge in [-0.1, -0.05) is 19.3 Å². The van der Waals surface area contributed by atoms with Gasteiger partial charge in [0.15, 0.2) is 0 Å². The lowest BCUT2D eigenvalue weighted by Gasteiger charge is -2.42. The summed E-state index contributed by atoms with van der Waals surface area (Å²) in [5.41, 5.74) is 0.881. The zero-order chi connectivity index (χ0) is 11.7. The summed E-state index contributed by atoms with van der Waals surface area (Å²) < 4.78 is 0. The van der Waals surface area contributed by atoms with Crippen LogP contribution in [-0.2, 0) is 0 Å². The largest absolute Gasteiger partial charge is 0.370 e. The van der Waals surface area contributed by atoms with E-state index in [1.807, 2.05) is 0 Å². The minimum atomic E-state index is -0.103. The Balaban J connectivity index is 1.75. The molecule has 1 saturated heterocycles. The summed E-state index contributed by atoms with van der Waals surface area (Å²) in [7, 11) is 0. The molecule has 1 aromatic heterocycles. The first-order valence-electron chi connectivity index (χ1n) is 6.62. The lowest BCUT2D eigenvalue weighted by molar-refractivity contribution is 0.202. The number of H-pyrrole nitrogens is 1. The number of hydrogen-bond acceptors (Lipinski definition) is 3. The zero-order valence-electron chi connectivity index (χ0n) is 10.1. The van der Waals surface area contributed by atoms with Gasteiger partial charge in [-0.2, -0.15) is 5.10 Å². The van der Waals surface area contributed by atoms with Gasteiger partial charge in [0.05, 0.1) is 11.9 Å². The Bertz CT molecular complexity index is 442. The van der Waals surface area contributed by atoms with Gasteiger partial charge in [0.2, 0.25) is 0 Å². The van der Waals surface area contributed by atoms with Gasteiger partial charge < -0.3 is 4.90 Å². The van der Waals surface area contributed by atoms with Gasteiger partial charge in [0, 0.05) is 19.2 Å². The molecule has 0 amide bonds. The van der Waals surface area contributed by atoms with E-state index in [9.17, 15) is 4.79 Å². The van der Waals surface area contributed by atoms with Crippen LogP contribution in [0.2, 0.25) is 0 Å². The second-order valence-corrected chi connectivity index (χ2v) is 5.34. The summed E-state index contributed by atoms with van der Waals surface area (Å²) in [4.78, 5) is 13.6. The minimum absolute atomic E-state index is 0.103. The highest BCUT2D eigenvalue weighted by Crippen LogP contribution is 2.37. The Labute approximate surface area is 101 Å². The highest BCUT2D eigenvalue weighted by molar-refractivity contribution is 5.43. The third kappa shape index (κ3) is 2.21. The molecule has 1 N–H and O–H groups in total. The lowest BCUT2D eigenvalue weighted by Crippen LogP contribution is -2.42. The predicted octanol–water partition coefficient (Wildman–Crippen LogP) is 1.79. The Morgan fingerprint density at radius 3 is 2.88 bits per heavy atom. The van der Waals surface area contributed by atoms with Gasteiger partial charge in [0.1, 0.15) is 0 Å². The van der Waals surface area contributed by atoms with E-state index >= 15 is 0 Å². The summed E-state index contributed by atoms with van der Waals surface area (Å²) in [6.45, 7) is 2.18. The maximum Gasteiger partial charge on any atom is 0.266 e. The third-order valence-electron chi connectivity index (χ3n) is 4.31. The highest BCUT2D eigenvalue weighted by atomic mass is 16.1. The van der Waals surface area contributed by atoms with Crippen molar-refractivity contribution in [3.8, 4) is 0 Å². The highest BCUT2D eigenvalue weighted by Gasteiger charge is 2.31. The van der Waals surface area contributed by atoms with Crippen molar-refractivity contribution in [2.45, 2.75) is 32.1 Å². The standard InChI is InChI=1S/C13H19N3O/c17-13-7-12(8-14-15-13)16-6-5-10-3-1-2-4-11(10)9-16/h7-8,10-11H,1-6,9H2,(H,15,17). The second-order valence-electron chi connectivity index (χ2n) is 5.34. The zero-order valence-corrected chi connectivity index (χ0v) is 10.1. The molecule has 0 bridgehead atoms. The van der Waals surface area contributed by atoms with E-state index < -0.39 is 0 Å². The van der Waals surface area contributed by atoms with Crippen molar-refractivity contribution < 1.29 is 0 Å². The summed E-state index contributed by atoms with van der Waals surface area (Å²) in [6.07, 6.45) is 8.60. The fourth-order valence-electron chi connectivity index (χ4n) is 3.37. The van der Waals surface area contributed by atoms with Gasteiger partial charge in [-0.15, -0.1) is 0 Å². The first-order valence-corrected chi connectivity index (χ1v) is 6.62. The van der Waals surface area contributed by atoms with Crippen LogP contribution in [0.1, 0.15) is 32.1 Å². The average molecular weight is 233 g/mol. The number of hydrogen-bond donors (Lipinski definition) is 1. The van der Waals surface area contributed by atoms with Gasteiger partial charge >= 0.3 is 0 Å². The maximum absolute atomic E-state index is 11.3. The SMILES string of the molecule is O=c1cc(N2CCC3CCCCC3C2)cn[nH]1.